The summed E-state index contributed by atoms with van der Waals surface area (Å²) in [6.07, 6.45) is 6.57. The zero-order valence-electron chi connectivity index (χ0n) is 10.7. The first-order chi connectivity index (χ1) is 8.69. The van der Waals surface area contributed by atoms with E-state index in [-0.39, 0.29) is 5.76 Å². The number of nitrogens with zero attached hydrogens (tertiary/aromatic N) is 1. The minimum atomic E-state index is -0.986. The number of carboxylic acids is 1. The Hall–Kier alpha value is -1.32. The van der Waals surface area contributed by atoms with Gasteiger partial charge >= 0.3 is 5.97 Å². The lowest BCUT2D eigenvalue weighted by Crippen LogP contribution is -2.08. The van der Waals surface area contributed by atoms with Crippen LogP contribution in [0.1, 0.15) is 67.1 Å². The molecule has 2 aliphatic carbocycles. The average molecular weight is 249 g/mol. The van der Waals surface area contributed by atoms with Crippen LogP contribution >= 0.6 is 0 Å². The molecule has 2 aliphatic rings. The van der Waals surface area contributed by atoms with Gasteiger partial charge in [0, 0.05) is 5.92 Å². The normalized spacial score (nSPS) is 29.9. The molecule has 1 aromatic rings. The van der Waals surface area contributed by atoms with Gasteiger partial charge in [0.2, 0.25) is 5.76 Å². The van der Waals surface area contributed by atoms with E-state index in [1.807, 2.05) is 6.92 Å². The highest BCUT2D eigenvalue weighted by Gasteiger charge is 2.43. The lowest BCUT2D eigenvalue weighted by molar-refractivity contribution is 0.0657. The summed E-state index contributed by atoms with van der Waals surface area (Å²) in [5, 5.41) is 9.15. The Bertz CT molecular complexity index is 466. The molecule has 98 valence electrons. The van der Waals surface area contributed by atoms with Crippen molar-refractivity contribution in [1.82, 2.24) is 4.98 Å². The van der Waals surface area contributed by atoms with Crippen LogP contribution < -0.4 is 0 Å². The second-order valence-electron chi connectivity index (χ2n) is 5.66. The summed E-state index contributed by atoms with van der Waals surface area (Å²) in [5.41, 5.74) is 0.628. The summed E-state index contributed by atoms with van der Waals surface area (Å²) in [6.45, 7) is 2.03. The number of oxazole rings is 1. The van der Waals surface area contributed by atoms with E-state index in [2.05, 4.69) is 4.98 Å². The van der Waals surface area contributed by atoms with Crippen molar-refractivity contribution in [1.29, 1.82) is 0 Å². The molecule has 0 aromatic carbocycles. The predicted molar refractivity (Wildman–Crippen MR) is 65.6 cm³/mol. The molecule has 3 rings (SSSR count). The van der Waals surface area contributed by atoms with Crippen LogP contribution in [-0.4, -0.2) is 16.1 Å². The zero-order chi connectivity index (χ0) is 12.7. The van der Waals surface area contributed by atoms with Gasteiger partial charge in [-0.3, -0.25) is 0 Å². The monoisotopic (exact) mass is 249 g/mol. The molecule has 2 saturated carbocycles. The number of carboxylic acid groups (broad SMARTS) is 1. The number of hydrogen-bond acceptors (Lipinski definition) is 3. The Morgan fingerprint density at radius 2 is 2.28 bits per heavy atom. The maximum atomic E-state index is 11.2. The standard InChI is InChI=1S/C14H19NO3/c1-2-3-11-12(14(16)17)18-13(15-11)10-7-8-4-5-9(10)6-8/h8-10H,2-7H2,1H3,(H,16,17). The first-order valence-electron chi connectivity index (χ1n) is 6.92. The molecule has 3 unspecified atom stereocenters. The number of hydrogen-bond donors (Lipinski definition) is 1. The van der Waals surface area contributed by atoms with Crippen molar-refractivity contribution in [2.45, 2.75) is 51.4 Å². The Labute approximate surface area is 106 Å². The fourth-order valence-electron chi connectivity index (χ4n) is 3.65. The molecule has 4 heteroatoms. The van der Waals surface area contributed by atoms with Gasteiger partial charge < -0.3 is 9.52 Å². The van der Waals surface area contributed by atoms with Gasteiger partial charge in [0.25, 0.3) is 0 Å². The van der Waals surface area contributed by atoms with Crippen molar-refractivity contribution in [2.75, 3.05) is 0 Å². The van der Waals surface area contributed by atoms with E-state index in [1.54, 1.807) is 0 Å². The van der Waals surface area contributed by atoms with E-state index in [0.29, 0.717) is 29.8 Å². The molecule has 1 heterocycles. The van der Waals surface area contributed by atoms with Crippen molar-refractivity contribution in [3.63, 3.8) is 0 Å². The van der Waals surface area contributed by atoms with E-state index in [1.165, 1.54) is 19.3 Å². The van der Waals surface area contributed by atoms with Crippen LogP contribution in [0.2, 0.25) is 0 Å². The van der Waals surface area contributed by atoms with Gasteiger partial charge in [0.05, 0.1) is 5.69 Å². The highest BCUT2D eigenvalue weighted by Crippen LogP contribution is 2.52. The van der Waals surface area contributed by atoms with Crippen LogP contribution in [0.5, 0.6) is 0 Å². The Kier molecular flexibility index (Phi) is 2.88. The molecule has 0 aliphatic heterocycles. The van der Waals surface area contributed by atoms with Gasteiger partial charge in [0.15, 0.2) is 5.89 Å². The van der Waals surface area contributed by atoms with Gasteiger partial charge in [-0.25, -0.2) is 9.78 Å². The van der Waals surface area contributed by atoms with Crippen LogP contribution in [0.15, 0.2) is 4.42 Å². The highest BCUT2D eigenvalue weighted by molar-refractivity contribution is 5.85. The van der Waals surface area contributed by atoms with Gasteiger partial charge in [-0.05, 0) is 37.5 Å². The maximum absolute atomic E-state index is 11.2. The number of carbonyl (C=O) groups is 1. The average Bonchev–Trinajstić information content (AvgIpc) is 3.02. The van der Waals surface area contributed by atoms with Gasteiger partial charge in [-0.15, -0.1) is 0 Å². The summed E-state index contributed by atoms with van der Waals surface area (Å²) in [4.78, 5) is 15.6. The van der Waals surface area contributed by atoms with E-state index in [0.717, 1.165) is 18.8 Å². The number of rotatable bonds is 4. The van der Waals surface area contributed by atoms with Crippen LogP contribution in [0.4, 0.5) is 0 Å². The fourth-order valence-corrected chi connectivity index (χ4v) is 3.65. The molecule has 1 aromatic heterocycles. The van der Waals surface area contributed by atoms with Gasteiger partial charge in [-0.2, -0.15) is 0 Å². The van der Waals surface area contributed by atoms with Gasteiger partial charge in [-0.1, -0.05) is 19.8 Å². The second-order valence-corrected chi connectivity index (χ2v) is 5.66. The first-order valence-corrected chi connectivity index (χ1v) is 6.92. The minimum Gasteiger partial charge on any atom is -0.475 e. The first kappa shape index (κ1) is 11.8. The predicted octanol–water partition coefficient (Wildman–Crippen LogP) is 3.23. The van der Waals surface area contributed by atoms with E-state index >= 15 is 0 Å². The molecule has 0 radical (unpaired) electrons. The minimum absolute atomic E-state index is 0.0645. The number of aromatic nitrogens is 1. The molecule has 2 fully saturated rings. The van der Waals surface area contributed by atoms with Crippen LogP contribution in [0, 0.1) is 11.8 Å². The maximum Gasteiger partial charge on any atom is 0.373 e. The molecule has 0 saturated heterocycles. The molecular weight excluding hydrogens is 230 g/mol. The third-order valence-corrected chi connectivity index (χ3v) is 4.45. The number of aryl methyl sites for hydroxylation is 1. The summed E-state index contributed by atoms with van der Waals surface area (Å²) < 4.78 is 5.55. The fraction of sp³-hybridized carbons (Fsp3) is 0.714. The van der Waals surface area contributed by atoms with Crippen LogP contribution in [0.3, 0.4) is 0 Å². The largest absolute Gasteiger partial charge is 0.475 e. The molecule has 2 bridgehead atoms. The lowest BCUT2D eigenvalue weighted by atomic mass is 9.89. The Morgan fingerprint density at radius 3 is 2.83 bits per heavy atom. The van der Waals surface area contributed by atoms with Crippen LogP contribution in [0.25, 0.3) is 0 Å². The topological polar surface area (TPSA) is 63.3 Å². The molecule has 4 nitrogen and oxygen atoms in total. The van der Waals surface area contributed by atoms with Crippen molar-refractivity contribution < 1.29 is 14.3 Å². The molecule has 1 N–H and O–H groups in total. The molecule has 0 amide bonds. The summed E-state index contributed by atoms with van der Waals surface area (Å²) in [5.74, 6) is 1.62. The molecule has 18 heavy (non-hydrogen) atoms. The highest BCUT2D eigenvalue weighted by atomic mass is 16.4. The Morgan fingerprint density at radius 1 is 1.44 bits per heavy atom. The third-order valence-electron chi connectivity index (χ3n) is 4.45. The number of fused-ring (bicyclic) bond motifs is 2. The molecule has 0 spiro atoms. The quantitative estimate of drug-likeness (QED) is 0.889. The smallest absolute Gasteiger partial charge is 0.373 e. The van der Waals surface area contributed by atoms with E-state index < -0.39 is 5.97 Å². The zero-order valence-corrected chi connectivity index (χ0v) is 10.7. The third kappa shape index (κ3) is 1.84. The molecular formula is C14H19NO3. The summed E-state index contributed by atoms with van der Waals surface area (Å²) >= 11 is 0. The van der Waals surface area contributed by atoms with Crippen molar-refractivity contribution >= 4 is 5.97 Å². The second kappa shape index (κ2) is 4.41. The van der Waals surface area contributed by atoms with Crippen molar-refractivity contribution in [3.8, 4) is 0 Å². The summed E-state index contributed by atoms with van der Waals surface area (Å²) in [6, 6.07) is 0. The molecule has 3 atom stereocenters. The van der Waals surface area contributed by atoms with Crippen molar-refractivity contribution in [3.05, 3.63) is 17.3 Å². The van der Waals surface area contributed by atoms with Crippen molar-refractivity contribution in [2.24, 2.45) is 11.8 Å². The van der Waals surface area contributed by atoms with E-state index in [9.17, 15) is 4.79 Å². The number of aromatic carboxylic acids is 1. The van der Waals surface area contributed by atoms with Crippen LogP contribution in [-0.2, 0) is 6.42 Å². The Balaban J connectivity index is 1.88. The van der Waals surface area contributed by atoms with E-state index in [4.69, 9.17) is 9.52 Å². The summed E-state index contributed by atoms with van der Waals surface area (Å²) in [7, 11) is 0. The lowest BCUT2D eigenvalue weighted by Gasteiger charge is -2.17. The van der Waals surface area contributed by atoms with Gasteiger partial charge in [0.1, 0.15) is 0 Å². The SMILES string of the molecule is CCCc1nc(C2CC3CCC2C3)oc1C(=O)O.